The van der Waals surface area contributed by atoms with Crippen LogP contribution in [0.15, 0.2) is 59.1 Å². The van der Waals surface area contributed by atoms with Gasteiger partial charge in [0.2, 0.25) is 0 Å². The van der Waals surface area contributed by atoms with Crippen molar-refractivity contribution < 1.29 is 14.7 Å². The minimum atomic E-state index is -0.112. The number of nitrogens with zero attached hydrogens (tertiary/aromatic N) is 1. The van der Waals surface area contributed by atoms with E-state index in [0.717, 1.165) is 16.9 Å². The van der Waals surface area contributed by atoms with E-state index in [1.165, 1.54) is 0 Å². The number of hydrogen-bond donors (Lipinski definition) is 2. The van der Waals surface area contributed by atoms with Gasteiger partial charge in [0.05, 0.1) is 5.25 Å². The van der Waals surface area contributed by atoms with Gasteiger partial charge in [0.1, 0.15) is 17.2 Å². The maximum atomic E-state index is 10.1. The smallest absolute Gasteiger partial charge is 0.154 e. The zero-order valence-electron chi connectivity index (χ0n) is 12.6. The summed E-state index contributed by atoms with van der Waals surface area (Å²) in [6.07, 6.45) is 0. The van der Waals surface area contributed by atoms with Crippen molar-refractivity contribution in [2.45, 2.75) is 12.2 Å². The second-order valence-electron chi connectivity index (χ2n) is 5.06. The third-order valence-electron chi connectivity index (χ3n) is 3.50. The van der Waals surface area contributed by atoms with Gasteiger partial charge in [-0.3, -0.25) is 0 Å². The van der Waals surface area contributed by atoms with Crippen LogP contribution in [-0.4, -0.2) is 21.1 Å². The van der Waals surface area contributed by atoms with Crippen molar-refractivity contribution in [2.24, 2.45) is 0 Å². The minimum Gasteiger partial charge on any atom is -0.508 e. The third kappa shape index (κ3) is 3.35. The van der Waals surface area contributed by atoms with Crippen molar-refractivity contribution in [3.05, 3.63) is 65.9 Å². The van der Waals surface area contributed by atoms with Gasteiger partial charge in [0.15, 0.2) is 5.76 Å². The first-order chi connectivity index (χ1) is 11.2. The molecule has 5 heteroatoms. The Bertz CT molecular complexity index is 783. The summed E-state index contributed by atoms with van der Waals surface area (Å²) >= 11 is 1.67. The van der Waals surface area contributed by atoms with Crippen LogP contribution in [0.25, 0.3) is 11.3 Å². The van der Waals surface area contributed by atoms with Crippen molar-refractivity contribution in [3.8, 4) is 22.8 Å². The van der Waals surface area contributed by atoms with Crippen LogP contribution in [0.3, 0.4) is 0 Å². The Kier molecular flexibility index (Phi) is 4.57. The quantitative estimate of drug-likeness (QED) is 0.717. The summed E-state index contributed by atoms with van der Waals surface area (Å²) in [6.45, 7) is 2.06. The molecule has 1 aromatic heterocycles. The van der Waals surface area contributed by atoms with Crippen molar-refractivity contribution in [1.82, 2.24) is 5.16 Å². The fourth-order valence-corrected chi connectivity index (χ4v) is 3.37. The monoisotopic (exact) mass is 327 g/mol. The molecule has 0 aliphatic carbocycles. The van der Waals surface area contributed by atoms with Gasteiger partial charge in [-0.25, -0.2) is 0 Å². The molecule has 0 spiro atoms. The number of phenols is 2. The van der Waals surface area contributed by atoms with Gasteiger partial charge in [0, 0.05) is 17.2 Å². The van der Waals surface area contributed by atoms with Gasteiger partial charge in [-0.2, -0.15) is 0 Å². The molecule has 2 aromatic carbocycles. The number of phenolic OH excluding ortho intramolecular Hbond substituents is 2. The Morgan fingerprint density at radius 3 is 2.52 bits per heavy atom. The Morgan fingerprint density at radius 2 is 1.83 bits per heavy atom. The van der Waals surface area contributed by atoms with E-state index in [1.807, 2.05) is 18.2 Å². The Morgan fingerprint density at radius 1 is 1.09 bits per heavy atom. The lowest BCUT2D eigenvalue weighted by atomic mass is 10.1. The SMILES string of the molecule is CCSC(c1cc(-c2ccc(O)cc2)no1)c1ccccc1O. The molecule has 3 rings (SSSR count). The molecular weight excluding hydrogens is 310 g/mol. The molecule has 2 N–H and O–H groups in total. The molecule has 0 aliphatic rings. The van der Waals surface area contributed by atoms with E-state index in [2.05, 4.69) is 12.1 Å². The lowest BCUT2D eigenvalue weighted by Gasteiger charge is -2.14. The average Bonchev–Trinajstić information content (AvgIpc) is 3.04. The highest BCUT2D eigenvalue weighted by Crippen LogP contribution is 2.40. The van der Waals surface area contributed by atoms with Crippen LogP contribution < -0.4 is 0 Å². The molecule has 3 aromatic rings. The second kappa shape index (κ2) is 6.79. The summed E-state index contributed by atoms with van der Waals surface area (Å²) in [6, 6.07) is 16.0. The molecule has 0 radical (unpaired) electrons. The molecule has 0 saturated carbocycles. The molecule has 0 saturated heterocycles. The van der Waals surface area contributed by atoms with E-state index in [0.29, 0.717) is 11.5 Å². The molecule has 0 fully saturated rings. The van der Waals surface area contributed by atoms with Crippen LogP contribution in [0, 0.1) is 0 Å². The average molecular weight is 327 g/mol. The number of rotatable bonds is 5. The lowest BCUT2D eigenvalue weighted by molar-refractivity contribution is 0.387. The summed E-state index contributed by atoms with van der Waals surface area (Å²) in [5.74, 6) is 2.04. The van der Waals surface area contributed by atoms with Gasteiger partial charge >= 0.3 is 0 Å². The summed E-state index contributed by atoms with van der Waals surface area (Å²) < 4.78 is 5.53. The molecule has 0 amide bonds. The highest BCUT2D eigenvalue weighted by Gasteiger charge is 2.22. The predicted molar refractivity (Wildman–Crippen MR) is 91.7 cm³/mol. The summed E-state index contributed by atoms with van der Waals surface area (Å²) in [7, 11) is 0. The fraction of sp³-hybridized carbons (Fsp3) is 0.167. The number of hydrogen-bond acceptors (Lipinski definition) is 5. The first-order valence-electron chi connectivity index (χ1n) is 7.34. The van der Waals surface area contributed by atoms with Gasteiger partial charge in [-0.15, -0.1) is 11.8 Å². The molecule has 1 heterocycles. The van der Waals surface area contributed by atoms with E-state index in [1.54, 1.807) is 48.2 Å². The van der Waals surface area contributed by atoms with Crippen molar-refractivity contribution >= 4 is 11.8 Å². The van der Waals surface area contributed by atoms with Gasteiger partial charge in [-0.05, 0) is 36.1 Å². The molecule has 118 valence electrons. The van der Waals surface area contributed by atoms with Crippen molar-refractivity contribution in [3.63, 3.8) is 0 Å². The molecular formula is C18H17NO3S. The number of benzene rings is 2. The number of aromatic hydroxyl groups is 2. The fourth-order valence-electron chi connectivity index (χ4n) is 2.38. The Labute approximate surface area is 138 Å². The summed E-state index contributed by atoms with van der Waals surface area (Å²) in [4.78, 5) is 0. The van der Waals surface area contributed by atoms with Crippen LogP contribution in [0.4, 0.5) is 0 Å². The summed E-state index contributed by atoms with van der Waals surface area (Å²) in [5, 5.41) is 23.5. The summed E-state index contributed by atoms with van der Waals surface area (Å²) in [5.41, 5.74) is 2.39. The molecule has 1 unspecified atom stereocenters. The zero-order valence-corrected chi connectivity index (χ0v) is 13.5. The van der Waals surface area contributed by atoms with Gasteiger partial charge in [0.25, 0.3) is 0 Å². The second-order valence-corrected chi connectivity index (χ2v) is 6.44. The van der Waals surface area contributed by atoms with E-state index < -0.39 is 0 Å². The zero-order chi connectivity index (χ0) is 16.2. The maximum absolute atomic E-state index is 10.1. The Hall–Kier alpha value is -2.40. The molecule has 1 atom stereocenters. The minimum absolute atomic E-state index is 0.112. The van der Waals surface area contributed by atoms with E-state index >= 15 is 0 Å². The first kappa shape index (κ1) is 15.5. The number of para-hydroxylation sites is 1. The molecule has 0 bridgehead atoms. The van der Waals surface area contributed by atoms with Crippen molar-refractivity contribution in [2.75, 3.05) is 5.75 Å². The lowest BCUT2D eigenvalue weighted by Crippen LogP contribution is -1.96. The Balaban J connectivity index is 1.95. The van der Waals surface area contributed by atoms with Crippen LogP contribution in [0.5, 0.6) is 11.5 Å². The standard InChI is InChI=1S/C18H17NO3S/c1-2-23-18(14-5-3-4-6-16(14)21)17-11-15(19-22-17)12-7-9-13(20)10-8-12/h3-11,18,20-21H,2H2,1H3. The number of thioether (sulfide) groups is 1. The predicted octanol–water partition coefficient (Wildman–Crippen LogP) is 4.60. The molecule has 23 heavy (non-hydrogen) atoms. The molecule has 0 aliphatic heterocycles. The maximum Gasteiger partial charge on any atom is 0.154 e. The van der Waals surface area contributed by atoms with E-state index in [9.17, 15) is 10.2 Å². The van der Waals surface area contributed by atoms with Crippen LogP contribution in [0.2, 0.25) is 0 Å². The number of aromatic nitrogens is 1. The first-order valence-corrected chi connectivity index (χ1v) is 8.39. The normalized spacial score (nSPS) is 12.2. The molecule has 4 nitrogen and oxygen atoms in total. The highest BCUT2D eigenvalue weighted by molar-refractivity contribution is 7.99. The van der Waals surface area contributed by atoms with Crippen LogP contribution >= 0.6 is 11.8 Å². The van der Waals surface area contributed by atoms with E-state index in [-0.39, 0.29) is 16.7 Å². The van der Waals surface area contributed by atoms with Crippen LogP contribution in [0.1, 0.15) is 23.5 Å². The van der Waals surface area contributed by atoms with Crippen molar-refractivity contribution in [1.29, 1.82) is 0 Å². The van der Waals surface area contributed by atoms with E-state index in [4.69, 9.17) is 4.52 Å². The highest BCUT2D eigenvalue weighted by atomic mass is 32.2. The topological polar surface area (TPSA) is 66.5 Å². The third-order valence-corrected chi connectivity index (χ3v) is 4.66. The largest absolute Gasteiger partial charge is 0.508 e. The van der Waals surface area contributed by atoms with Gasteiger partial charge in [-0.1, -0.05) is 30.3 Å². The van der Waals surface area contributed by atoms with Gasteiger partial charge < -0.3 is 14.7 Å². The van der Waals surface area contributed by atoms with Crippen LogP contribution in [-0.2, 0) is 0 Å².